The summed E-state index contributed by atoms with van der Waals surface area (Å²) < 4.78 is 6.14. The average molecular weight is 327 g/mol. The van der Waals surface area contributed by atoms with E-state index in [1.165, 1.54) is 7.11 Å². The van der Waals surface area contributed by atoms with Gasteiger partial charge in [-0.05, 0) is 44.9 Å². The van der Waals surface area contributed by atoms with Crippen LogP contribution < -0.4 is 10.2 Å². The van der Waals surface area contributed by atoms with E-state index in [0.29, 0.717) is 30.0 Å². The number of fused-ring (bicyclic) bond motifs is 1. The number of nitrogens with one attached hydrogen (secondary N) is 1. The van der Waals surface area contributed by atoms with E-state index in [2.05, 4.69) is 11.5 Å². The second-order valence-corrected chi connectivity index (χ2v) is 6.51. The van der Waals surface area contributed by atoms with E-state index < -0.39 is 5.60 Å². The minimum atomic E-state index is -0.693. The van der Waals surface area contributed by atoms with Gasteiger partial charge >= 0.3 is 0 Å². The number of likely N-dealkylation sites (tertiary alicyclic amines) is 1. The summed E-state index contributed by atoms with van der Waals surface area (Å²) in [5.74, 6) is 0.749. The van der Waals surface area contributed by atoms with Crippen molar-refractivity contribution in [2.24, 2.45) is 0 Å². The third-order valence-corrected chi connectivity index (χ3v) is 4.54. The highest BCUT2D eigenvalue weighted by atomic mass is 16.6. The molecular formula is C18H21N3O3. The second-order valence-electron chi connectivity index (χ2n) is 6.51. The summed E-state index contributed by atoms with van der Waals surface area (Å²) >= 11 is 0. The van der Waals surface area contributed by atoms with Crippen LogP contribution in [0.3, 0.4) is 0 Å². The number of carbonyl (C=O) groups excluding carboxylic acids is 1. The van der Waals surface area contributed by atoms with Crippen molar-refractivity contribution >= 4 is 11.6 Å². The first-order chi connectivity index (χ1) is 11.4. The van der Waals surface area contributed by atoms with Gasteiger partial charge in [-0.25, -0.2) is 0 Å². The Morgan fingerprint density at radius 1 is 1.42 bits per heavy atom. The first-order valence-electron chi connectivity index (χ1n) is 7.98. The van der Waals surface area contributed by atoms with E-state index in [-0.39, 0.29) is 5.91 Å². The molecule has 6 heteroatoms. The van der Waals surface area contributed by atoms with E-state index in [9.17, 15) is 10.1 Å². The van der Waals surface area contributed by atoms with Gasteiger partial charge in [0, 0.05) is 18.5 Å². The maximum atomic E-state index is 12.4. The molecule has 2 aliphatic heterocycles. The Labute approximate surface area is 141 Å². The zero-order chi connectivity index (χ0) is 17.5. The van der Waals surface area contributed by atoms with Crippen molar-refractivity contribution in [3.05, 3.63) is 34.5 Å². The van der Waals surface area contributed by atoms with Crippen molar-refractivity contribution in [2.45, 2.75) is 39.2 Å². The van der Waals surface area contributed by atoms with Crippen LogP contribution in [0, 0.1) is 18.3 Å². The molecule has 126 valence electrons. The minimum absolute atomic E-state index is 0.0748. The van der Waals surface area contributed by atoms with Gasteiger partial charge < -0.3 is 9.64 Å². The van der Waals surface area contributed by atoms with Gasteiger partial charge in [0.25, 0.3) is 0 Å². The summed E-state index contributed by atoms with van der Waals surface area (Å²) in [7, 11) is 1.53. The van der Waals surface area contributed by atoms with E-state index in [1.807, 2.05) is 20.8 Å². The number of hydrogen-bond donors (Lipinski definition) is 1. The van der Waals surface area contributed by atoms with Gasteiger partial charge in [0.05, 0.1) is 24.4 Å². The lowest BCUT2D eigenvalue weighted by molar-refractivity contribution is -0.125. The van der Waals surface area contributed by atoms with Gasteiger partial charge in [-0.1, -0.05) is 0 Å². The summed E-state index contributed by atoms with van der Waals surface area (Å²) in [5.41, 5.74) is 5.80. The Morgan fingerprint density at radius 3 is 2.75 bits per heavy atom. The number of benzene rings is 1. The molecule has 0 unspecified atom stereocenters. The first kappa shape index (κ1) is 16.3. The fourth-order valence-electron chi connectivity index (χ4n) is 3.35. The molecule has 0 aromatic heterocycles. The number of ether oxygens (including phenoxy) is 1. The Kier molecular flexibility index (Phi) is 3.98. The quantitative estimate of drug-likeness (QED) is 0.863. The van der Waals surface area contributed by atoms with Crippen LogP contribution in [0.2, 0.25) is 0 Å². The smallest absolute Gasteiger partial charge is 0.227 e. The lowest BCUT2D eigenvalue weighted by Gasteiger charge is -2.39. The molecule has 24 heavy (non-hydrogen) atoms. The SMILES string of the molecule is CONC1=C(N2CCCC2=O)c2c(ccc(C#N)c2C)OC1(C)C. The number of nitriles is 1. The molecule has 2 aliphatic rings. The molecule has 3 rings (SSSR count). The van der Waals surface area contributed by atoms with Crippen molar-refractivity contribution in [3.8, 4) is 11.8 Å². The lowest BCUT2D eigenvalue weighted by Crippen LogP contribution is -2.44. The van der Waals surface area contributed by atoms with Gasteiger partial charge in [-0.3, -0.25) is 15.1 Å². The van der Waals surface area contributed by atoms with Crippen LogP contribution in [0.1, 0.15) is 43.4 Å². The molecule has 0 aliphatic carbocycles. The summed E-state index contributed by atoms with van der Waals surface area (Å²) in [6.07, 6.45) is 1.34. The Bertz CT molecular complexity index is 774. The third-order valence-electron chi connectivity index (χ3n) is 4.54. The van der Waals surface area contributed by atoms with Crippen LogP contribution in [-0.4, -0.2) is 30.1 Å². The normalized spacial score (nSPS) is 19.0. The molecule has 1 aromatic carbocycles. The molecule has 0 spiro atoms. The van der Waals surface area contributed by atoms with Gasteiger partial charge in [-0.15, -0.1) is 0 Å². The van der Waals surface area contributed by atoms with Crippen molar-refractivity contribution in [2.75, 3.05) is 13.7 Å². The van der Waals surface area contributed by atoms with Crippen LogP contribution in [0.25, 0.3) is 5.70 Å². The number of hydrogen-bond acceptors (Lipinski definition) is 5. The first-order valence-corrected chi connectivity index (χ1v) is 7.98. The molecule has 6 nitrogen and oxygen atoms in total. The Balaban J connectivity index is 2.32. The Hall–Kier alpha value is -2.52. The number of nitrogens with zero attached hydrogens (tertiary/aromatic N) is 2. The summed E-state index contributed by atoms with van der Waals surface area (Å²) in [4.78, 5) is 19.4. The molecule has 0 saturated carbocycles. The van der Waals surface area contributed by atoms with E-state index >= 15 is 0 Å². The summed E-state index contributed by atoms with van der Waals surface area (Å²) in [5, 5.41) is 9.37. The number of hydroxylamine groups is 1. The topological polar surface area (TPSA) is 74.6 Å². The molecule has 0 radical (unpaired) electrons. The van der Waals surface area contributed by atoms with Gasteiger partial charge in [0.15, 0.2) is 0 Å². The van der Waals surface area contributed by atoms with Crippen molar-refractivity contribution in [3.63, 3.8) is 0 Å². The Morgan fingerprint density at radius 2 is 2.17 bits per heavy atom. The zero-order valence-electron chi connectivity index (χ0n) is 14.4. The van der Waals surface area contributed by atoms with Crippen LogP contribution in [0.15, 0.2) is 17.8 Å². The van der Waals surface area contributed by atoms with Gasteiger partial charge in [0.2, 0.25) is 5.91 Å². The number of rotatable bonds is 3. The van der Waals surface area contributed by atoms with Gasteiger partial charge in [-0.2, -0.15) is 5.26 Å². The highest BCUT2D eigenvalue weighted by molar-refractivity contribution is 5.92. The monoisotopic (exact) mass is 327 g/mol. The number of carbonyl (C=O) groups is 1. The maximum Gasteiger partial charge on any atom is 0.227 e. The predicted molar refractivity (Wildman–Crippen MR) is 88.6 cm³/mol. The molecule has 1 amide bonds. The maximum absolute atomic E-state index is 12.4. The van der Waals surface area contributed by atoms with E-state index in [0.717, 1.165) is 23.2 Å². The molecule has 0 bridgehead atoms. The highest BCUT2D eigenvalue weighted by Crippen LogP contribution is 2.44. The summed E-state index contributed by atoms with van der Waals surface area (Å²) in [6, 6.07) is 5.75. The standard InChI is InChI=1S/C18H21N3O3/c1-11-12(10-19)7-8-13-15(11)16(21-9-5-6-14(21)22)17(20-23-4)18(2,3)24-13/h7-8,20H,5-6,9H2,1-4H3. The molecule has 1 N–H and O–H groups in total. The van der Waals surface area contributed by atoms with Crippen LogP contribution in [-0.2, 0) is 9.63 Å². The summed E-state index contributed by atoms with van der Waals surface area (Å²) in [6.45, 7) is 6.37. The lowest BCUT2D eigenvalue weighted by atomic mass is 9.90. The second kappa shape index (κ2) is 5.84. The van der Waals surface area contributed by atoms with Crippen molar-refractivity contribution < 1.29 is 14.4 Å². The third kappa shape index (κ3) is 2.42. The molecule has 1 saturated heterocycles. The van der Waals surface area contributed by atoms with Crippen LogP contribution in [0.4, 0.5) is 0 Å². The minimum Gasteiger partial charge on any atom is -0.481 e. The fraction of sp³-hybridized carbons (Fsp3) is 0.444. The van der Waals surface area contributed by atoms with Crippen molar-refractivity contribution in [1.82, 2.24) is 10.4 Å². The molecule has 1 fully saturated rings. The van der Waals surface area contributed by atoms with Gasteiger partial charge in [0.1, 0.15) is 17.0 Å². The zero-order valence-corrected chi connectivity index (χ0v) is 14.4. The number of amides is 1. The molecular weight excluding hydrogens is 306 g/mol. The highest BCUT2D eigenvalue weighted by Gasteiger charge is 2.41. The molecule has 0 atom stereocenters. The van der Waals surface area contributed by atoms with Crippen molar-refractivity contribution in [1.29, 1.82) is 5.26 Å². The van der Waals surface area contributed by atoms with Crippen LogP contribution >= 0.6 is 0 Å². The van der Waals surface area contributed by atoms with E-state index in [4.69, 9.17) is 9.57 Å². The van der Waals surface area contributed by atoms with E-state index in [1.54, 1.807) is 17.0 Å². The molecule has 2 heterocycles. The van der Waals surface area contributed by atoms with Crippen LogP contribution in [0.5, 0.6) is 5.75 Å². The molecule has 1 aromatic rings. The average Bonchev–Trinajstić information content (AvgIpc) is 2.94. The fourth-order valence-corrected chi connectivity index (χ4v) is 3.35. The predicted octanol–water partition coefficient (Wildman–Crippen LogP) is 2.48. The largest absolute Gasteiger partial charge is 0.481 e.